The van der Waals surface area contributed by atoms with Crippen LogP contribution in [0.2, 0.25) is 0 Å². The van der Waals surface area contributed by atoms with Crippen molar-refractivity contribution in [2.24, 2.45) is 7.05 Å². The molecule has 4 nitrogen and oxygen atoms in total. The van der Waals surface area contributed by atoms with Crippen LogP contribution in [-0.4, -0.2) is 9.55 Å². The number of aromatic nitrogens is 3. The molecule has 21 heavy (non-hydrogen) atoms. The minimum absolute atomic E-state index is 0.660. The first-order valence-corrected chi connectivity index (χ1v) is 6.78. The molecule has 2 aromatic carbocycles. The van der Waals surface area contributed by atoms with Crippen LogP contribution in [-0.2, 0) is 7.05 Å². The van der Waals surface area contributed by atoms with E-state index in [1.807, 2.05) is 66.2 Å². The van der Waals surface area contributed by atoms with Gasteiger partial charge in [-0.25, -0.2) is 4.98 Å². The fourth-order valence-electron chi connectivity index (χ4n) is 2.82. The van der Waals surface area contributed by atoms with Gasteiger partial charge in [-0.1, -0.05) is 42.5 Å². The van der Waals surface area contributed by atoms with Gasteiger partial charge in [-0.3, -0.25) is 0 Å². The van der Waals surface area contributed by atoms with Crippen LogP contribution >= 0.6 is 0 Å². The van der Waals surface area contributed by atoms with Gasteiger partial charge in [-0.15, -0.1) is 0 Å². The largest absolute Gasteiger partial charge is 0.618 e. The molecule has 0 saturated carbocycles. The molecule has 0 amide bonds. The number of hydrogen-bond acceptors (Lipinski definition) is 2. The van der Waals surface area contributed by atoms with E-state index in [9.17, 15) is 5.21 Å². The van der Waals surface area contributed by atoms with E-state index in [-0.39, 0.29) is 0 Å². The van der Waals surface area contributed by atoms with E-state index in [1.165, 1.54) is 0 Å². The van der Waals surface area contributed by atoms with Crippen molar-refractivity contribution in [3.63, 3.8) is 0 Å². The fraction of sp³-hybridized carbons (Fsp3) is 0.0588. The number of nitrogens with zero attached hydrogens (tertiary/aromatic N) is 3. The molecule has 0 fully saturated rings. The summed E-state index contributed by atoms with van der Waals surface area (Å²) in [5.74, 6) is 0.863. The summed E-state index contributed by atoms with van der Waals surface area (Å²) >= 11 is 0. The van der Waals surface area contributed by atoms with E-state index in [0.29, 0.717) is 11.0 Å². The third-order valence-electron chi connectivity index (χ3n) is 3.79. The van der Waals surface area contributed by atoms with E-state index in [1.54, 1.807) is 6.20 Å². The van der Waals surface area contributed by atoms with Crippen LogP contribution < -0.4 is 4.73 Å². The van der Waals surface area contributed by atoms with Crippen molar-refractivity contribution in [1.82, 2.24) is 9.55 Å². The van der Waals surface area contributed by atoms with Gasteiger partial charge in [-0.05, 0) is 6.07 Å². The van der Waals surface area contributed by atoms with E-state index in [0.717, 1.165) is 27.0 Å². The molecule has 4 heteroatoms. The molecule has 0 bridgehead atoms. The van der Waals surface area contributed by atoms with Crippen molar-refractivity contribution in [3.8, 4) is 11.4 Å². The summed E-state index contributed by atoms with van der Waals surface area (Å²) < 4.78 is 2.94. The first-order valence-electron chi connectivity index (χ1n) is 6.78. The fourth-order valence-corrected chi connectivity index (χ4v) is 2.82. The van der Waals surface area contributed by atoms with Gasteiger partial charge in [0.15, 0.2) is 5.52 Å². The van der Waals surface area contributed by atoms with Crippen LogP contribution in [0.25, 0.3) is 33.3 Å². The molecule has 0 radical (unpaired) electrons. The first-order chi connectivity index (χ1) is 10.3. The Morgan fingerprint density at radius 2 is 1.71 bits per heavy atom. The predicted molar refractivity (Wildman–Crippen MR) is 82.6 cm³/mol. The Hall–Kier alpha value is -2.88. The number of imidazole rings is 1. The van der Waals surface area contributed by atoms with Crippen LogP contribution in [0.5, 0.6) is 0 Å². The maximum Gasteiger partial charge on any atom is 0.226 e. The number of pyridine rings is 1. The monoisotopic (exact) mass is 275 g/mol. The lowest BCUT2D eigenvalue weighted by Crippen LogP contribution is -2.26. The van der Waals surface area contributed by atoms with Crippen molar-refractivity contribution in [2.45, 2.75) is 0 Å². The quantitative estimate of drug-likeness (QED) is 0.396. The van der Waals surface area contributed by atoms with Crippen LogP contribution in [0.4, 0.5) is 0 Å². The van der Waals surface area contributed by atoms with Crippen molar-refractivity contribution in [1.29, 1.82) is 0 Å². The zero-order chi connectivity index (χ0) is 14.4. The van der Waals surface area contributed by atoms with Gasteiger partial charge in [0.1, 0.15) is 5.82 Å². The topological polar surface area (TPSA) is 44.8 Å². The molecule has 102 valence electrons. The van der Waals surface area contributed by atoms with Crippen LogP contribution in [0.15, 0.2) is 60.8 Å². The van der Waals surface area contributed by atoms with E-state index < -0.39 is 0 Å². The molecule has 0 N–H and O–H groups in total. The summed E-state index contributed by atoms with van der Waals surface area (Å²) in [5, 5.41) is 13.0. The summed E-state index contributed by atoms with van der Waals surface area (Å²) in [7, 11) is 1.99. The second-order valence-electron chi connectivity index (χ2n) is 5.07. The van der Waals surface area contributed by atoms with Gasteiger partial charge < -0.3 is 9.77 Å². The van der Waals surface area contributed by atoms with Gasteiger partial charge in [-0.2, -0.15) is 4.73 Å². The Morgan fingerprint density at radius 1 is 1.00 bits per heavy atom. The molecule has 0 aliphatic heterocycles. The minimum atomic E-state index is 0.660. The number of para-hydroxylation sites is 1. The highest BCUT2D eigenvalue weighted by molar-refractivity contribution is 6.01. The second kappa shape index (κ2) is 4.31. The maximum atomic E-state index is 12.1. The lowest BCUT2D eigenvalue weighted by atomic mass is 10.2. The number of fused-ring (bicyclic) bond motifs is 3. The van der Waals surface area contributed by atoms with Gasteiger partial charge in [0.2, 0.25) is 11.7 Å². The molecule has 2 heterocycles. The highest BCUT2D eigenvalue weighted by Crippen LogP contribution is 2.27. The molecule has 0 aliphatic carbocycles. The zero-order valence-corrected chi connectivity index (χ0v) is 11.5. The Morgan fingerprint density at radius 3 is 2.52 bits per heavy atom. The van der Waals surface area contributed by atoms with E-state index in [2.05, 4.69) is 4.98 Å². The number of benzene rings is 2. The number of aryl methyl sites for hydroxylation is 1. The molecule has 0 atom stereocenters. The molecule has 0 aliphatic rings. The molecule has 0 spiro atoms. The first kappa shape index (κ1) is 11.9. The summed E-state index contributed by atoms with van der Waals surface area (Å²) in [6, 6.07) is 17.6. The van der Waals surface area contributed by atoms with Gasteiger partial charge in [0.05, 0.1) is 10.9 Å². The van der Waals surface area contributed by atoms with Crippen molar-refractivity contribution < 1.29 is 4.73 Å². The summed E-state index contributed by atoms with van der Waals surface area (Å²) in [4.78, 5) is 4.64. The third kappa shape index (κ3) is 1.69. The number of hydrogen-bond donors (Lipinski definition) is 0. The van der Waals surface area contributed by atoms with Gasteiger partial charge >= 0.3 is 0 Å². The SMILES string of the molecule is Cn1c(-c2ccccc2)nc2c[n+]([O-])c3ccccc3c21. The normalized spacial score (nSPS) is 11.3. The van der Waals surface area contributed by atoms with Gasteiger partial charge in [0.25, 0.3) is 0 Å². The lowest BCUT2D eigenvalue weighted by molar-refractivity contribution is -0.575. The average Bonchev–Trinajstić information content (AvgIpc) is 2.85. The maximum absolute atomic E-state index is 12.1. The summed E-state index contributed by atoms with van der Waals surface area (Å²) in [6.45, 7) is 0. The molecular weight excluding hydrogens is 262 g/mol. The van der Waals surface area contributed by atoms with E-state index in [4.69, 9.17) is 0 Å². The molecule has 4 aromatic rings. The zero-order valence-electron chi connectivity index (χ0n) is 11.5. The van der Waals surface area contributed by atoms with Gasteiger partial charge in [0, 0.05) is 18.7 Å². The Balaban J connectivity index is 2.14. The van der Waals surface area contributed by atoms with Crippen LogP contribution in [0.3, 0.4) is 0 Å². The van der Waals surface area contributed by atoms with Crippen molar-refractivity contribution >= 4 is 21.9 Å². The Bertz CT molecular complexity index is 958. The highest BCUT2D eigenvalue weighted by Gasteiger charge is 2.16. The lowest BCUT2D eigenvalue weighted by Gasteiger charge is -2.05. The smallest absolute Gasteiger partial charge is 0.226 e. The summed E-state index contributed by atoms with van der Waals surface area (Å²) in [5.41, 5.74) is 3.40. The average molecular weight is 275 g/mol. The van der Waals surface area contributed by atoms with Crippen molar-refractivity contribution in [3.05, 3.63) is 66.0 Å². The minimum Gasteiger partial charge on any atom is -0.618 e. The van der Waals surface area contributed by atoms with E-state index >= 15 is 0 Å². The predicted octanol–water partition coefficient (Wildman–Crippen LogP) is 3.03. The van der Waals surface area contributed by atoms with Crippen LogP contribution in [0.1, 0.15) is 0 Å². The number of rotatable bonds is 1. The molecule has 0 saturated heterocycles. The van der Waals surface area contributed by atoms with Crippen LogP contribution in [0, 0.1) is 5.21 Å². The molecule has 4 rings (SSSR count). The molecule has 2 aromatic heterocycles. The molecule has 0 unspecified atom stereocenters. The third-order valence-corrected chi connectivity index (χ3v) is 3.79. The second-order valence-corrected chi connectivity index (χ2v) is 5.07. The highest BCUT2D eigenvalue weighted by atomic mass is 16.5. The molecular formula is C17H13N3O. The standard InChI is InChI=1S/C17H13N3O/c1-19-16-13-9-5-6-10-15(13)20(21)11-14(16)18-17(19)12-7-3-2-4-8-12/h2-11H,1H3. The van der Waals surface area contributed by atoms with Crippen molar-refractivity contribution in [2.75, 3.05) is 0 Å². The Kier molecular flexibility index (Phi) is 2.44. The Labute approximate surface area is 121 Å². The summed E-state index contributed by atoms with van der Waals surface area (Å²) in [6.07, 6.45) is 1.55.